The molecule has 4 aromatic rings. The lowest BCUT2D eigenvalue weighted by Gasteiger charge is -2.13. The Kier molecular flexibility index (Phi) is 9.49. The summed E-state index contributed by atoms with van der Waals surface area (Å²) in [6, 6.07) is 7.47. The molecule has 0 atom stereocenters. The van der Waals surface area contributed by atoms with Crippen molar-refractivity contribution in [3.05, 3.63) is 47.2 Å². The Labute approximate surface area is 248 Å². The summed E-state index contributed by atoms with van der Waals surface area (Å²) >= 11 is 3.36. The van der Waals surface area contributed by atoms with Crippen LogP contribution in [0.5, 0.6) is 11.5 Å². The number of nitrogens with two attached hydrogens (primary N) is 1. The van der Waals surface area contributed by atoms with Gasteiger partial charge in [-0.05, 0) is 52.7 Å². The van der Waals surface area contributed by atoms with Crippen LogP contribution in [0.2, 0.25) is 0 Å². The predicted octanol–water partition coefficient (Wildman–Crippen LogP) is 7.52. The number of halogens is 1. The van der Waals surface area contributed by atoms with Gasteiger partial charge in [-0.15, -0.1) is 0 Å². The van der Waals surface area contributed by atoms with Gasteiger partial charge >= 0.3 is 0 Å². The van der Waals surface area contributed by atoms with Gasteiger partial charge in [-0.25, -0.2) is 9.97 Å². The SMILES string of the molecule is COc1cc(NC(=O)CC2CCCC2)c(N)cc1Br.COc1cc2nc(CC3CCCC3)[nH]c2cc1-c1cnco1. The van der Waals surface area contributed by atoms with E-state index in [9.17, 15) is 4.79 Å². The molecular weight excluding hydrogens is 586 g/mol. The van der Waals surface area contributed by atoms with Crippen molar-refractivity contribution < 1.29 is 18.7 Å². The topological polar surface area (TPSA) is 128 Å². The molecule has 4 N–H and O–H groups in total. The molecule has 0 unspecified atom stereocenters. The number of aromatic nitrogens is 3. The number of nitrogen functional groups attached to an aromatic ring is 1. The first-order chi connectivity index (χ1) is 19.9. The Hall–Kier alpha value is -3.53. The molecule has 2 fully saturated rings. The Balaban J connectivity index is 0.000000167. The lowest BCUT2D eigenvalue weighted by molar-refractivity contribution is -0.117. The van der Waals surface area contributed by atoms with Crippen molar-refractivity contribution in [2.75, 3.05) is 25.3 Å². The highest BCUT2D eigenvalue weighted by atomic mass is 79.9. The summed E-state index contributed by atoms with van der Waals surface area (Å²) in [5, 5.41) is 2.87. The molecule has 0 radical (unpaired) electrons. The summed E-state index contributed by atoms with van der Waals surface area (Å²) in [5.41, 5.74) is 9.89. The second-order valence-corrected chi connectivity index (χ2v) is 11.8. The van der Waals surface area contributed by atoms with E-state index in [1.807, 2.05) is 12.1 Å². The number of methoxy groups -OCH3 is 2. The van der Waals surface area contributed by atoms with Gasteiger partial charge in [0.1, 0.15) is 17.3 Å². The van der Waals surface area contributed by atoms with Gasteiger partial charge in [0.25, 0.3) is 0 Å². The van der Waals surface area contributed by atoms with E-state index in [1.54, 1.807) is 32.5 Å². The fraction of sp³-hybridized carbons (Fsp3) is 0.452. The van der Waals surface area contributed by atoms with Crippen LogP contribution >= 0.6 is 15.9 Å². The van der Waals surface area contributed by atoms with Gasteiger partial charge in [-0.2, -0.15) is 0 Å². The lowest BCUT2D eigenvalue weighted by atomic mass is 10.0. The van der Waals surface area contributed by atoms with Crippen LogP contribution in [0.3, 0.4) is 0 Å². The Bertz CT molecular complexity index is 1460. The summed E-state index contributed by atoms with van der Waals surface area (Å²) in [7, 11) is 3.24. The number of nitrogens with one attached hydrogen (secondary N) is 2. The first-order valence-corrected chi connectivity index (χ1v) is 15.1. The van der Waals surface area contributed by atoms with E-state index in [0.717, 1.165) is 57.8 Å². The molecule has 0 saturated heterocycles. The maximum Gasteiger partial charge on any atom is 0.224 e. The van der Waals surface area contributed by atoms with E-state index in [2.05, 4.69) is 31.2 Å². The van der Waals surface area contributed by atoms with Crippen molar-refractivity contribution in [1.29, 1.82) is 0 Å². The number of anilines is 2. The van der Waals surface area contributed by atoms with Crippen LogP contribution in [0.1, 0.15) is 63.6 Å². The highest BCUT2D eigenvalue weighted by molar-refractivity contribution is 9.10. The largest absolute Gasteiger partial charge is 0.496 e. The van der Waals surface area contributed by atoms with Crippen LogP contribution < -0.4 is 20.5 Å². The molecule has 41 heavy (non-hydrogen) atoms. The monoisotopic (exact) mass is 623 g/mol. The second kappa shape index (κ2) is 13.4. The van der Waals surface area contributed by atoms with Crippen LogP contribution in [0.25, 0.3) is 22.4 Å². The number of amides is 1. The van der Waals surface area contributed by atoms with Gasteiger partial charge in [-0.3, -0.25) is 4.79 Å². The average Bonchev–Trinajstić information content (AvgIpc) is 3.78. The number of fused-ring (bicyclic) bond motifs is 1. The van der Waals surface area contributed by atoms with E-state index in [1.165, 1.54) is 44.9 Å². The van der Waals surface area contributed by atoms with Crippen LogP contribution in [0.4, 0.5) is 11.4 Å². The number of hydrogen-bond acceptors (Lipinski definition) is 7. The Morgan fingerprint density at radius 1 is 1.05 bits per heavy atom. The van der Waals surface area contributed by atoms with Crippen LogP contribution in [-0.4, -0.2) is 35.1 Å². The molecule has 9 nitrogen and oxygen atoms in total. The first-order valence-electron chi connectivity index (χ1n) is 14.3. The lowest BCUT2D eigenvalue weighted by Crippen LogP contribution is -2.16. The van der Waals surface area contributed by atoms with Gasteiger partial charge in [0.2, 0.25) is 5.91 Å². The number of carbonyl (C=O) groups is 1. The number of carbonyl (C=O) groups excluding carboxylic acids is 1. The van der Waals surface area contributed by atoms with Gasteiger partial charge in [0, 0.05) is 25.0 Å². The van der Waals surface area contributed by atoms with E-state index < -0.39 is 0 Å². The molecule has 2 aliphatic carbocycles. The third-order valence-electron chi connectivity index (χ3n) is 8.05. The third kappa shape index (κ3) is 7.22. The quantitative estimate of drug-likeness (QED) is 0.173. The number of benzene rings is 2. The molecule has 218 valence electrons. The molecule has 2 saturated carbocycles. The van der Waals surface area contributed by atoms with Crippen molar-refractivity contribution in [3.63, 3.8) is 0 Å². The normalized spacial score (nSPS) is 15.6. The molecule has 2 aliphatic rings. The Morgan fingerprint density at radius 3 is 2.41 bits per heavy atom. The molecule has 0 spiro atoms. The number of H-pyrrole nitrogens is 1. The molecule has 6 rings (SSSR count). The zero-order chi connectivity index (χ0) is 28.8. The van der Waals surface area contributed by atoms with Crippen molar-refractivity contribution in [3.8, 4) is 22.8 Å². The molecular formula is C31H38BrN5O4. The standard InChI is InChI=1S/C17H19N3O2.C14H19BrN2O2/c1-21-15-8-14-13(7-12(15)16-9-18-10-22-16)19-17(20-14)6-11-4-2-3-5-11;1-19-13-8-12(11(16)7-10(13)15)17-14(18)6-9-4-2-3-5-9/h7-11H,2-6H2,1H3,(H,19,20);7-9H,2-6,16H2,1H3,(H,17,18). The van der Waals surface area contributed by atoms with E-state index >= 15 is 0 Å². The maximum absolute atomic E-state index is 12.0. The van der Waals surface area contributed by atoms with E-state index in [4.69, 9.17) is 24.6 Å². The van der Waals surface area contributed by atoms with Crippen LogP contribution in [-0.2, 0) is 11.2 Å². The number of imidazole rings is 1. The number of oxazole rings is 1. The minimum absolute atomic E-state index is 0.0305. The molecule has 1 amide bonds. The van der Waals surface area contributed by atoms with Crippen LogP contribution in [0.15, 0.2) is 45.7 Å². The number of ether oxygens (including phenoxy) is 2. The molecule has 2 aromatic heterocycles. The fourth-order valence-corrected chi connectivity index (χ4v) is 6.42. The molecule has 10 heteroatoms. The summed E-state index contributed by atoms with van der Waals surface area (Å²) in [6.07, 6.45) is 14.9. The number of aromatic amines is 1. The van der Waals surface area contributed by atoms with Gasteiger partial charge in [0.15, 0.2) is 12.2 Å². The Morgan fingerprint density at radius 2 is 1.76 bits per heavy atom. The maximum atomic E-state index is 12.0. The molecule has 2 heterocycles. The van der Waals surface area contributed by atoms with E-state index in [0.29, 0.717) is 35.2 Å². The van der Waals surface area contributed by atoms with E-state index in [-0.39, 0.29) is 5.91 Å². The predicted molar refractivity (Wildman–Crippen MR) is 164 cm³/mol. The minimum atomic E-state index is 0.0305. The summed E-state index contributed by atoms with van der Waals surface area (Å²) in [6.45, 7) is 0. The number of rotatable bonds is 8. The van der Waals surface area contributed by atoms with Crippen LogP contribution in [0, 0.1) is 11.8 Å². The number of hydrogen-bond donors (Lipinski definition) is 3. The van der Waals surface area contributed by atoms with Gasteiger partial charge < -0.3 is 29.9 Å². The minimum Gasteiger partial charge on any atom is -0.496 e. The third-order valence-corrected chi connectivity index (χ3v) is 8.67. The zero-order valence-corrected chi connectivity index (χ0v) is 25.3. The van der Waals surface area contributed by atoms with Gasteiger partial charge in [-0.1, -0.05) is 38.5 Å². The number of nitrogens with zero attached hydrogens (tertiary/aromatic N) is 2. The average molecular weight is 625 g/mol. The van der Waals surface area contributed by atoms with Crippen molar-refractivity contribution in [2.24, 2.45) is 11.8 Å². The first kappa shape index (κ1) is 29.0. The van der Waals surface area contributed by atoms with Crippen molar-refractivity contribution in [1.82, 2.24) is 15.0 Å². The zero-order valence-electron chi connectivity index (χ0n) is 23.7. The molecule has 2 aromatic carbocycles. The summed E-state index contributed by atoms with van der Waals surface area (Å²) < 4.78 is 16.9. The van der Waals surface area contributed by atoms with Gasteiger partial charge in [0.05, 0.1) is 52.9 Å². The fourth-order valence-electron chi connectivity index (χ4n) is 5.90. The van der Waals surface area contributed by atoms with Crippen molar-refractivity contribution >= 4 is 44.2 Å². The smallest absolute Gasteiger partial charge is 0.224 e. The highest BCUT2D eigenvalue weighted by Gasteiger charge is 2.20. The highest BCUT2D eigenvalue weighted by Crippen LogP contribution is 2.35. The molecule has 0 aliphatic heterocycles. The van der Waals surface area contributed by atoms with Crippen molar-refractivity contribution in [2.45, 2.75) is 64.2 Å². The molecule has 0 bridgehead atoms. The summed E-state index contributed by atoms with van der Waals surface area (Å²) in [5.74, 6) is 4.51. The summed E-state index contributed by atoms with van der Waals surface area (Å²) in [4.78, 5) is 24.1. The second-order valence-electron chi connectivity index (χ2n) is 11.0.